The van der Waals surface area contributed by atoms with Gasteiger partial charge in [-0.25, -0.2) is 4.79 Å². The van der Waals surface area contributed by atoms with Crippen molar-refractivity contribution in [1.29, 1.82) is 0 Å². The van der Waals surface area contributed by atoms with Crippen molar-refractivity contribution in [2.45, 2.75) is 45.3 Å². The number of benzene rings is 1. The number of halogens is 1. The van der Waals surface area contributed by atoms with E-state index in [1.807, 2.05) is 12.1 Å². The van der Waals surface area contributed by atoms with Crippen LogP contribution in [-0.4, -0.2) is 47.3 Å². The number of anilines is 1. The van der Waals surface area contributed by atoms with Crippen molar-refractivity contribution in [1.82, 2.24) is 10.1 Å². The quantitative estimate of drug-likeness (QED) is 0.758. The molecule has 0 unspecified atom stereocenters. The van der Waals surface area contributed by atoms with Crippen LogP contribution in [0.25, 0.3) is 11.3 Å². The maximum Gasteiger partial charge on any atom is 0.410 e. The summed E-state index contributed by atoms with van der Waals surface area (Å²) in [5.74, 6) is 0.651. The van der Waals surface area contributed by atoms with Crippen LogP contribution in [0, 0.1) is 0 Å². The second-order valence-electron chi connectivity index (χ2n) is 7.79. The molecule has 1 aliphatic rings. The largest absolute Gasteiger partial charge is 0.444 e. The van der Waals surface area contributed by atoms with Crippen LogP contribution in [0.15, 0.2) is 34.9 Å². The van der Waals surface area contributed by atoms with Crippen molar-refractivity contribution in [2.75, 3.05) is 18.5 Å². The zero-order chi connectivity index (χ0) is 20.5. The average molecular weight is 406 g/mol. The van der Waals surface area contributed by atoms with Gasteiger partial charge < -0.3 is 9.26 Å². The first kappa shape index (κ1) is 20.2. The Morgan fingerprint density at radius 3 is 2.75 bits per heavy atom. The van der Waals surface area contributed by atoms with E-state index < -0.39 is 17.7 Å². The molecular formula is C20H24ClN3O4. The minimum Gasteiger partial charge on any atom is -0.444 e. The maximum atomic E-state index is 13.0. The third kappa shape index (κ3) is 4.47. The van der Waals surface area contributed by atoms with Gasteiger partial charge in [0, 0.05) is 30.2 Å². The molecule has 0 spiro atoms. The van der Waals surface area contributed by atoms with Crippen LogP contribution in [0.4, 0.5) is 10.6 Å². The van der Waals surface area contributed by atoms with Crippen molar-refractivity contribution in [3.05, 3.63) is 35.4 Å². The summed E-state index contributed by atoms with van der Waals surface area (Å²) in [6.07, 6.45) is 0.855. The minimum atomic E-state index is -0.614. The van der Waals surface area contributed by atoms with Gasteiger partial charge in [-0.15, -0.1) is 0 Å². The molecule has 150 valence electrons. The van der Waals surface area contributed by atoms with Gasteiger partial charge in [-0.2, -0.15) is 0 Å². The van der Waals surface area contributed by atoms with E-state index >= 15 is 0 Å². The zero-order valence-electron chi connectivity index (χ0n) is 16.4. The van der Waals surface area contributed by atoms with Gasteiger partial charge in [0.25, 0.3) is 5.91 Å². The topological polar surface area (TPSA) is 75.9 Å². The lowest BCUT2D eigenvalue weighted by atomic mass is 10.1. The van der Waals surface area contributed by atoms with Crippen LogP contribution in [-0.2, 0) is 9.53 Å². The molecule has 7 nitrogen and oxygen atoms in total. The number of hydrogen-bond acceptors (Lipinski definition) is 5. The Kier molecular flexibility index (Phi) is 5.65. The molecule has 2 amide bonds. The predicted molar refractivity (Wildman–Crippen MR) is 106 cm³/mol. The van der Waals surface area contributed by atoms with E-state index in [2.05, 4.69) is 5.16 Å². The Morgan fingerprint density at radius 1 is 1.32 bits per heavy atom. The molecule has 1 fully saturated rings. The Balaban J connectivity index is 1.74. The Morgan fingerprint density at radius 2 is 2.07 bits per heavy atom. The molecule has 1 saturated heterocycles. The van der Waals surface area contributed by atoms with Gasteiger partial charge in [0.15, 0.2) is 11.6 Å². The summed E-state index contributed by atoms with van der Waals surface area (Å²) < 4.78 is 10.8. The van der Waals surface area contributed by atoms with Gasteiger partial charge in [-0.05, 0) is 45.7 Å². The Labute approximate surface area is 169 Å². The number of likely N-dealkylation sites (tertiary alicyclic amines) is 1. The molecule has 28 heavy (non-hydrogen) atoms. The lowest BCUT2D eigenvalue weighted by Gasteiger charge is -2.29. The summed E-state index contributed by atoms with van der Waals surface area (Å²) in [5.41, 5.74) is 0.153. The summed E-state index contributed by atoms with van der Waals surface area (Å²) in [4.78, 5) is 28.3. The second kappa shape index (κ2) is 7.83. The van der Waals surface area contributed by atoms with Crippen LogP contribution in [0.1, 0.15) is 33.6 Å². The van der Waals surface area contributed by atoms with Crippen molar-refractivity contribution in [3.8, 4) is 11.3 Å². The van der Waals surface area contributed by atoms with E-state index in [4.69, 9.17) is 20.9 Å². The second-order valence-corrected chi connectivity index (χ2v) is 8.23. The molecule has 0 radical (unpaired) electrons. The number of likely N-dealkylation sites (N-methyl/N-ethyl adjacent to an activating group) is 1. The van der Waals surface area contributed by atoms with Gasteiger partial charge in [0.05, 0.1) is 0 Å². The van der Waals surface area contributed by atoms with Crippen molar-refractivity contribution < 1.29 is 18.8 Å². The number of ether oxygens (including phenoxy) is 1. The summed E-state index contributed by atoms with van der Waals surface area (Å²) in [7, 11) is 1.62. The van der Waals surface area contributed by atoms with E-state index in [-0.39, 0.29) is 5.91 Å². The lowest BCUT2D eigenvalue weighted by molar-refractivity contribution is -0.122. The number of nitrogens with zero attached hydrogens (tertiary/aromatic N) is 3. The lowest BCUT2D eigenvalue weighted by Crippen LogP contribution is -2.48. The number of hydrogen-bond donors (Lipinski definition) is 0. The third-order valence-corrected chi connectivity index (χ3v) is 4.68. The summed E-state index contributed by atoms with van der Waals surface area (Å²) in [5, 5.41) is 4.58. The Bertz CT molecular complexity index is 874. The monoisotopic (exact) mass is 405 g/mol. The van der Waals surface area contributed by atoms with E-state index in [9.17, 15) is 9.59 Å². The van der Waals surface area contributed by atoms with Crippen LogP contribution in [0.3, 0.4) is 0 Å². The number of carbonyl (C=O) groups excluding carboxylic acids is 2. The minimum absolute atomic E-state index is 0.227. The third-order valence-electron chi connectivity index (χ3n) is 4.45. The van der Waals surface area contributed by atoms with Crippen molar-refractivity contribution in [2.24, 2.45) is 0 Å². The van der Waals surface area contributed by atoms with E-state index in [0.717, 1.165) is 12.0 Å². The van der Waals surface area contributed by atoms with E-state index in [1.165, 1.54) is 9.80 Å². The highest BCUT2D eigenvalue weighted by Gasteiger charge is 2.38. The molecule has 8 heteroatoms. The highest BCUT2D eigenvalue weighted by molar-refractivity contribution is 6.30. The van der Waals surface area contributed by atoms with Crippen LogP contribution in [0.2, 0.25) is 5.02 Å². The molecule has 0 aliphatic carbocycles. The van der Waals surface area contributed by atoms with Crippen molar-refractivity contribution >= 4 is 29.4 Å². The molecule has 0 N–H and O–H groups in total. The number of rotatable bonds is 3. The first-order chi connectivity index (χ1) is 13.2. The fourth-order valence-electron chi connectivity index (χ4n) is 3.10. The fourth-order valence-corrected chi connectivity index (χ4v) is 3.29. The highest BCUT2D eigenvalue weighted by Crippen LogP contribution is 2.28. The summed E-state index contributed by atoms with van der Waals surface area (Å²) in [6, 6.07) is 8.28. The van der Waals surface area contributed by atoms with Crippen LogP contribution < -0.4 is 4.90 Å². The van der Waals surface area contributed by atoms with E-state index in [1.54, 1.807) is 46.0 Å². The molecule has 0 saturated carbocycles. The molecule has 1 aliphatic heterocycles. The van der Waals surface area contributed by atoms with Gasteiger partial charge in [-0.1, -0.05) is 28.9 Å². The number of aromatic nitrogens is 1. The van der Waals surface area contributed by atoms with Gasteiger partial charge >= 0.3 is 6.09 Å². The zero-order valence-corrected chi connectivity index (χ0v) is 17.2. The van der Waals surface area contributed by atoms with Gasteiger partial charge in [0.1, 0.15) is 11.6 Å². The molecule has 1 aromatic heterocycles. The van der Waals surface area contributed by atoms with Crippen molar-refractivity contribution in [3.63, 3.8) is 0 Å². The predicted octanol–water partition coefficient (Wildman–Crippen LogP) is 4.36. The van der Waals surface area contributed by atoms with E-state index in [0.29, 0.717) is 29.6 Å². The van der Waals surface area contributed by atoms with Crippen LogP contribution in [0.5, 0.6) is 0 Å². The number of amides is 2. The molecule has 1 atom stereocenters. The van der Waals surface area contributed by atoms with Gasteiger partial charge in [0.2, 0.25) is 0 Å². The molecule has 3 rings (SSSR count). The first-order valence-electron chi connectivity index (χ1n) is 9.15. The highest BCUT2D eigenvalue weighted by atomic mass is 35.5. The first-order valence-corrected chi connectivity index (χ1v) is 9.53. The standard InChI is InChI=1S/C20H24ClN3O4/c1-20(2,3)27-19(26)24-10-6-9-15(24)18(25)23(4)17-12-16(28-22-17)13-7-5-8-14(21)11-13/h5,7-8,11-12,15H,6,9-10H2,1-4H3/t15-/m0/s1. The molecule has 0 bridgehead atoms. The average Bonchev–Trinajstić information content (AvgIpc) is 3.28. The molecular weight excluding hydrogens is 382 g/mol. The Hall–Kier alpha value is -2.54. The summed E-state index contributed by atoms with van der Waals surface area (Å²) >= 11 is 6.02. The fraction of sp³-hybridized carbons (Fsp3) is 0.450. The van der Waals surface area contributed by atoms with Gasteiger partial charge in [-0.3, -0.25) is 14.6 Å². The molecule has 2 aromatic rings. The summed E-state index contributed by atoms with van der Waals surface area (Å²) in [6.45, 7) is 5.90. The maximum absolute atomic E-state index is 13.0. The molecule has 2 heterocycles. The van der Waals surface area contributed by atoms with Crippen LogP contribution >= 0.6 is 11.6 Å². The smallest absolute Gasteiger partial charge is 0.410 e. The SMILES string of the molecule is CN(C(=O)[C@@H]1CCCN1C(=O)OC(C)(C)C)c1cc(-c2cccc(Cl)c2)on1. The normalized spacial score (nSPS) is 16.9. The number of carbonyl (C=O) groups is 2. The molecule has 1 aromatic carbocycles.